The zero-order valence-corrected chi connectivity index (χ0v) is 12.8. The molecule has 1 unspecified atom stereocenters. The van der Waals surface area contributed by atoms with Crippen LogP contribution in [0.5, 0.6) is 0 Å². The Morgan fingerprint density at radius 3 is 2.47 bits per heavy atom. The van der Waals surface area contributed by atoms with Crippen LogP contribution in [0.1, 0.15) is 44.8 Å². The first-order chi connectivity index (χ1) is 8.97. The predicted molar refractivity (Wildman–Crippen MR) is 80.8 cm³/mol. The Bertz CT molecular complexity index is 555. The van der Waals surface area contributed by atoms with Crippen LogP contribution in [0.15, 0.2) is 18.2 Å². The summed E-state index contributed by atoms with van der Waals surface area (Å²) in [6.07, 6.45) is 1.17. The van der Waals surface area contributed by atoms with Crippen LogP contribution in [-0.4, -0.2) is 10.1 Å². The lowest BCUT2D eigenvalue weighted by molar-refractivity contribution is 0.167. The van der Waals surface area contributed by atoms with Crippen LogP contribution in [0.2, 0.25) is 0 Å². The van der Waals surface area contributed by atoms with E-state index < -0.39 is 6.10 Å². The Labute approximate surface area is 119 Å². The van der Waals surface area contributed by atoms with Crippen molar-refractivity contribution in [2.45, 2.75) is 46.6 Å². The summed E-state index contributed by atoms with van der Waals surface area (Å²) in [5.74, 6) is 0. The quantitative estimate of drug-likeness (QED) is 0.913. The van der Waals surface area contributed by atoms with Gasteiger partial charge in [-0.05, 0) is 50.8 Å². The summed E-state index contributed by atoms with van der Waals surface area (Å²) in [6, 6.07) is 6.18. The van der Waals surface area contributed by atoms with Crippen LogP contribution < -0.4 is 0 Å². The normalized spacial score (nSPS) is 12.7. The molecule has 0 aliphatic rings. The third kappa shape index (κ3) is 3.43. The maximum atomic E-state index is 10.3. The average Bonchev–Trinajstić information content (AvgIpc) is 2.69. The van der Waals surface area contributed by atoms with Gasteiger partial charge < -0.3 is 5.11 Å². The van der Waals surface area contributed by atoms with Crippen molar-refractivity contribution in [1.29, 1.82) is 0 Å². The summed E-state index contributed by atoms with van der Waals surface area (Å²) in [6.45, 7) is 8.30. The molecule has 2 aromatic rings. The Hall–Kier alpha value is -1.19. The van der Waals surface area contributed by atoms with E-state index >= 15 is 0 Å². The van der Waals surface area contributed by atoms with E-state index in [1.54, 1.807) is 11.3 Å². The van der Waals surface area contributed by atoms with Gasteiger partial charge in [-0.15, -0.1) is 11.3 Å². The van der Waals surface area contributed by atoms with Crippen molar-refractivity contribution in [3.63, 3.8) is 0 Å². The van der Waals surface area contributed by atoms with Crippen LogP contribution in [0.4, 0.5) is 0 Å². The Kier molecular flexibility index (Phi) is 4.38. The number of rotatable bonds is 4. The molecule has 0 aliphatic carbocycles. The number of aliphatic hydroxyl groups is 1. The van der Waals surface area contributed by atoms with Crippen molar-refractivity contribution in [1.82, 2.24) is 4.98 Å². The molecule has 0 aliphatic heterocycles. The van der Waals surface area contributed by atoms with Crippen LogP contribution in [0.25, 0.3) is 0 Å². The van der Waals surface area contributed by atoms with Crippen molar-refractivity contribution in [2.24, 2.45) is 0 Å². The van der Waals surface area contributed by atoms with Crippen molar-refractivity contribution < 1.29 is 5.11 Å². The van der Waals surface area contributed by atoms with Gasteiger partial charge >= 0.3 is 0 Å². The second-order valence-electron chi connectivity index (χ2n) is 5.15. The SMILES string of the molecule is Cc1ccc(C(O)CCc2nc(C)c(C)s2)cc1C. The molecule has 102 valence electrons. The monoisotopic (exact) mass is 275 g/mol. The molecule has 1 N–H and O–H groups in total. The van der Waals surface area contributed by atoms with E-state index in [1.807, 2.05) is 13.0 Å². The molecule has 3 heteroatoms. The molecular formula is C16H21NOS. The first kappa shape index (κ1) is 14.2. The summed E-state index contributed by atoms with van der Waals surface area (Å²) in [4.78, 5) is 5.79. The average molecular weight is 275 g/mol. The Balaban J connectivity index is 2.00. The van der Waals surface area contributed by atoms with Gasteiger partial charge in [0.1, 0.15) is 0 Å². The van der Waals surface area contributed by atoms with Crippen molar-refractivity contribution in [2.75, 3.05) is 0 Å². The standard InChI is InChI=1S/C16H21NOS/c1-10-5-6-14(9-11(10)2)15(18)7-8-16-17-12(3)13(4)19-16/h5-6,9,15,18H,7-8H2,1-4H3. The maximum absolute atomic E-state index is 10.3. The summed E-state index contributed by atoms with van der Waals surface area (Å²) in [5, 5.41) is 11.4. The molecule has 19 heavy (non-hydrogen) atoms. The van der Waals surface area contributed by atoms with Gasteiger partial charge in [0.15, 0.2) is 0 Å². The number of hydrogen-bond donors (Lipinski definition) is 1. The van der Waals surface area contributed by atoms with Gasteiger partial charge in [0.05, 0.1) is 16.8 Å². The fourth-order valence-corrected chi connectivity index (χ4v) is 2.99. The molecule has 0 radical (unpaired) electrons. The summed E-state index contributed by atoms with van der Waals surface area (Å²) in [5.41, 5.74) is 4.62. The molecule has 0 fully saturated rings. The van der Waals surface area contributed by atoms with Crippen LogP contribution in [0.3, 0.4) is 0 Å². The molecule has 0 spiro atoms. The minimum Gasteiger partial charge on any atom is -0.388 e. The van der Waals surface area contributed by atoms with Gasteiger partial charge in [-0.2, -0.15) is 0 Å². The van der Waals surface area contributed by atoms with Gasteiger partial charge in [-0.3, -0.25) is 0 Å². The molecule has 1 heterocycles. The molecule has 1 aromatic heterocycles. The zero-order valence-electron chi connectivity index (χ0n) is 12.0. The number of hydrogen-bond acceptors (Lipinski definition) is 3. The summed E-state index contributed by atoms with van der Waals surface area (Å²) in [7, 11) is 0. The van der Waals surface area contributed by atoms with Crippen LogP contribution in [0, 0.1) is 27.7 Å². The second kappa shape index (κ2) is 5.85. The van der Waals surface area contributed by atoms with E-state index in [1.165, 1.54) is 16.0 Å². The highest BCUT2D eigenvalue weighted by Gasteiger charge is 2.11. The van der Waals surface area contributed by atoms with Crippen molar-refractivity contribution in [3.8, 4) is 0 Å². The smallest absolute Gasteiger partial charge is 0.0931 e. The molecule has 1 atom stereocenters. The lowest BCUT2D eigenvalue weighted by Gasteiger charge is -2.12. The molecule has 0 saturated carbocycles. The zero-order chi connectivity index (χ0) is 14.0. The molecule has 1 aromatic carbocycles. The van der Waals surface area contributed by atoms with E-state index in [-0.39, 0.29) is 0 Å². The number of aromatic nitrogens is 1. The third-order valence-corrected chi connectivity index (χ3v) is 4.75. The third-order valence-electron chi connectivity index (χ3n) is 3.62. The number of benzene rings is 1. The fraction of sp³-hybridized carbons (Fsp3) is 0.438. The van der Waals surface area contributed by atoms with Crippen molar-refractivity contribution in [3.05, 3.63) is 50.5 Å². The highest BCUT2D eigenvalue weighted by molar-refractivity contribution is 7.11. The highest BCUT2D eigenvalue weighted by Crippen LogP contribution is 2.24. The molecule has 0 bridgehead atoms. The minimum absolute atomic E-state index is 0.399. The van der Waals surface area contributed by atoms with E-state index in [0.29, 0.717) is 0 Å². The molecule has 2 rings (SSSR count). The first-order valence-corrected chi connectivity index (χ1v) is 7.47. The Morgan fingerprint density at radius 2 is 1.89 bits per heavy atom. The second-order valence-corrected chi connectivity index (χ2v) is 6.44. The maximum Gasteiger partial charge on any atom is 0.0931 e. The minimum atomic E-state index is -0.399. The van der Waals surface area contributed by atoms with Gasteiger partial charge in [0.25, 0.3) is 0 Å². The van der Waals surface area contributed by atoms with Gasteiger partial charge in [0, 0.05) is 11.3 Å². The molecule has 2 nitrogen and oxygen atoms in total. The first-order valence-electron chi connectivity index (χ1n) is 6.65. The molecular weight excluding hydrogens is 254 g/mol. The fourth-order valence-electron chi connectivity index (χ4n) is 2.04. The van der Waals surface area contributed by atoms with Gasteiger partial charge in [-0.1, -0.05) is 18.2 Å². The van der Waals surface area contributed by atoms with Crippen LogP contribution >= 0.6 is 11.3 Å². The summed E-state index contributed by atoms with van der Waals surface area (Å²) < 4.78 is 0. The number of nitrogens with zero attached hydrogens (tertiary/aromatic N) is 1. The van der Waals surface area contributed by atoms with Gasteiger partial charge in [-0.25, -0.2) is 4.98 Å². The number of thiazole rings is 1. The number of aliphatic hydroxyl groups excluding tert-OH is 1. The van der Waals surface area contributed by atoms with Gasteiger partial charge in [0.2, 0.25) is 0 Å². The van der Waals surface area contributed by atoms with E-state index in [4.69, 9.17) is 0 Å². The van der Waals surface area contributed by atoms with Crippen LogP contribution in [-0.2, 0) is 6.42 Å². The summed E-state index contributed by atoms with van der Waals surface area (Å²) >= 11 is 1.73. The number of aryl methyl sites for hydroxylation is 5. The largest absolute Gasteiger partial charge is 0.388 e. The lowest BCUT2D eigenvalue weighted by Crippen LogP contribution is -2.00. The van der Waals surface area contributed by atoms with E-state index in [2.05, 4.69) is 37.9 Å². The lowest BCUT2D eigenvalue weighted by atomic mass is 10.0. The Morgan fingerprint density at radius 1 is 1.16 bits per heavy atom. The van der Waals surface area contributed by atoms with Crippen molar-refractivity contribution >= 4 is 11.3 Å². The predicted octanol–water partition coefficient (Wildman–Crippen LogP) is 4.04. The molecule has 0 amide bonds. The molecule has 0 saturated heterocycles. The highest BCUT2D eigenvalue weighted by atomic mass is 32.1. The van der Waals surface area contributed by atoms with E-state index in [9.17, 15) is 5.11 Å². The van der Waals surface area contributed by atoms with E-state index in [0.717, 1.165) is 29.1 Å². The topological polar surface area (TPSA) is 33.1 Å².